The molecule has 1 saturated heterocycles. The van der Waals surface area contributed by atoms with Gasteiger partial charge in [-0.15, -0.1) is 0 Å². The van der Waals surface area contributed by atoms with Crippen LogP contribution in [-0.4, -0.2) is 51.5 Å². The van der Waals surface area contributed by atoms with Crippen LogP contribution in [0.3, 0.4) is 0 Å². The standard InChI is InChI=1S/C24H25N3O5S/c28-24(26-22-11-4-5-12-23(22)32-20-8-2-1-3-9-20)18-25-19-7-6-10-21(17-19)33(29,30)27-13-15-31-16-14-27/h1-12,17,25H,13-16,18H2,(H,26,28). The fourth-order valence-corrected chi connectivity index (χ4v) is 4.81. The van der Waals surface area contributed by atoms with E-state index in [1.54, 1.807) is 36.4 Å². The number of ether oxygens (including phenoxy) is 2. The Balaban J connectivity index is 1.39. The SMILES string of the molecule is O=C(CNc1cccc(S(=O)(=O)N2CCOCC2)c1)Nc1ccccc1Oc1ccccc1. The Labute approximate surface area is 193 Å². The van der Waals surface area contributed by atoms with Crippen molar-refractivity contribution in [3.05, 3.63) is 78.9 Å². The summed E-state index contributed by atoms with van der Waals surface area (Å²) in [5.74, 6) is 0.895. The summed E-state index contributed by atoms with van der Waals surface area (Å²) in [7, 11) is -3.61. The van der Waals surface area contributed by atoms with E-state index in [0.29, 0.717) is 49.2 Å². The summed E-state index contributed by atoms with van der Waals surface area (Å²) in [5.41, 5.74) is 1.07. The number of hydrogen-bond donors (Lipinski definition) is 2. The molecule has 2 N–H and O–H groups in total. The monoisotopic (exact) mass is 467 g/mol. The fourth-order valence-electron chi connectivity index (χ4n) is 3.35. The van der Waals surface area contributed by atoms with Crippen LogP contribution in [0, 0.1) is 0 Å². The average molecular weight is 468 g/mol. The lowest BCUT2D eigenvalue weighted by Crippen LogP contribution is -2.40. The summed E-state index contributed by atoms with van der Waals surface area (Å²) in [6, 6.07) is 22.9. The maximum atomic E-state index is 12.9. The first-order valence-corrected chi connectivity index (χ1v) is 12.0. The summed E-state index contributed by atoms with van der Waals surface area (Å²) in [6.07, 6.45) is 0. The number of nitrogens with zero attached hydrogens (tertiary/aromatic N) is 1. The topological polar surface area (TPSA) is 97.0 Å². The van der Waals surface area contributed by atoms with E-state index >= 15 is 0 Å². The third-order valence-electron chi connectivity index (χ3n) is 5.03. The van der Waals surface area contributed by atoms with Gasteiger partial charge in [-0.25, -0.2) is 8.42 Å². The highest BCUT2D eigenvalue weighted by atomic mass is 32.2. The summed E-state index contributed by atoms with van der Waals surface area (Å²) in [6.45, 7) is 1.38. The number of sulfonamides is 1. The quantitative estimate of drug-likeness (QED) is 0.526. The van der Waals surface area contributed by atoms with Crippen molar-refractivity contribution in [1.82, 2.24) is 4.31 Å². The Morgan fingerprint density at radius 2 is 1.67 bits per heavy atom. The number of amides is 1. The lowest BCUT2D eigenvalue weighted by atomic mass is 10.2. The van der Waals surface area contributed by atoms with Gasteiger partial charge < -0.3 is 20.1 Å². The van der Waals surface area contributed by atoms with Crippen LogP contribution in [0.15, 0.2) is 83.8 Å². The fraction of sp³-hybridized carbons (Fsp3) is 0.208. The van der Waals surface area contributed by atoms with Gasteiger partial charge in [0.2, 0.25) is 15.9 Å². The van der Waals surface area contributed by atoms with E-state index in [-0.39, 0.29) is 17.3 Å². The molecule has 0 saturated carbocycles. The number of anilines is 2. The van der Waals surface area contributed by atoms with Gasteiger partial charge in [0.05, 0.1) is 30.3 Å². The van der Waals surface area contributed by atoms with Crippen LogP contribution < -0.4 is 15.4 Å². The molecule has 1 fully saturated rings. The summed E-state index contributed by atoms with van der Waals surface area (Å²) in [5, 5.41) is 5.82. The molecule has 0 bridgehead atoms. The molecule has 1 amide bonds. The minimum Gasteiger partial charge on any atom is -0.455 e. The molecule has 4 rings (SSSR count). The van der Waals surface area contributed by atoms with Crippen molar-refractivity contribution < 1.29 is 22.7 Å². The number of benzene rings is 3. The summed E-state index contributed by atoms with van der Waals surface area (Å²) >= 11 is 0. The molecule has 0 unspecified atom stereocenters. The number of nitrogens with one attached hydrogen (secondary N) is 2. The zero-order valence-electron chi connectivity index (χ0n) is 17.9. The second kappa shape index (κ2) is 10.5. The van der Waals surface area contributed by atoms with Gasteiger partial charge in [0.15, 0.2) is 5.75 Å². The first-order chi connectivity index (χ1) is 16.0. The lowest BCUT2D eigenvalue weighted by molar-refractivity contribution is -0.114. The third kappa shape index (κ3) is 5.89. The molecule has 3 aromatic rings. The average Bonchev–Trinajstić information content (AvgIpc) is 2.85. The van der Waals surface area contributed by atoms with Crippen LogP contribution >= 0.6 is 0 Å². The highest BCUT2D eigenvalue weighted by Gasteiger charge is 2.26. The second-order valence-corrected chi connectivity index (χ2v) is 9.30. The third-order valence-corrected chi connectivity index (χ3v) is 6.92. The van der Waals surface area contributed by atoms with Crippen molar-refractivity contribution in [3.8, 4) is 11.5 Å². The molecule has 0 spiro atoms. The molecule has 3 aromatic carbocycles. The summed E-state index contributed by atoms with van der Waals surface area (Å²) in [4.78, 5) is 12.7. The van der Waals surface area contributed by atoms with Gasteiger partial charge >= 0.3 is 0 Å². The van der Waals surface area contributed by atoms with Crippen LogP contribution in [0.4, 0.5) is 11.4 Å². The van der Waals surface area contributed by atoms with Gasteiger partial charge in [0, 0.05) is 18.8 Å². The van der Waals surface area contributed by atoms with E-state index in [4.69, 9.17) is 9.47 Å². The van der Waals surface area contributed by atoms with Crippen LogP contribution in [0.5, 0.6) is 11.5 Å². The minimum absolute atomic E-state index is 0.0409. The Morgan fingerprint density at radius 3 is 2.45 bits per heavy atom. The van der Waals surface area contributed by atoms with Gasteiger partial charge in [0.1, 0.15) is 5.75 Å². The number of hydrogen-bond acceptors (Lipinski definition) is 6. The molecular formula is C24H25N3O5S. The van der Waals surface area contributed by atoms with Crippen LogP contribution in [0.25, 0.3) is 0 Å². The predicted molar refractivity (Wildman–Crippen MR) is 126 cm³/mol. The van der Waals surface area contributed by atoms with E-state index in [9.17, 15) is 13.2 Å². The van der Waals surface area contributed by atoms with Gasteiger partial charge in [-0.2, -0.15) is 4.31 Å². The Kier molecular flexibility index (Phi) is 7.23. The number of rotatable bonds is 8. The van der Waals surface area contributed by atoms with E-state index < -0.39 is 10.0 Å². The maximum absolute atomic E-state index is 12.9. The van der Waals surface area contributed by atoms with Crippen molar-refractivity contribution in [3.63, 3.8) is 0 Å². The van der Waals surface area contributed by atoms with E-state index in [0.717, 1.165) is 0 Å². The summed E-state index contributed by atoms with van der Waals surface area (Å²) < 4.78 is 38.2. The van der Waals surface area contributed by atoms with Gasteiger partial charge in [0.25, 0.3) is 0 Å². The number of morpholine rings is 1. The highest BCUT2D eigenvalue weighted by molar-refractivity contribution is 7.89. The zero-order chi connectivity index (χ0) is 23.1. The minimum atomic E-state index is -3.61. The zero-order valence-corrected chi connectivity index (χ0v) is 18.8. The van der Waals surface area contributed by atoms with Gasteiger partial charge in [-0.1, -0.05) is 36.4 Å². The van der Waals surface area contributed by atoms with Gasteiger partial charge in [-0.05, 0) is 42.5 Å². The molecule has 1 aliphatic heterocycles. The second-order valence-electron chi connectivity index (χ2n) is 7.36. The Bertz CT molecular complexity index is 1200. The largest absolute Gasteiger partial charge is 0.455 e. The molecule has 172 valence electrons. The lowest BCUT2D eigenvalue weighted by Gasteiger charge is -2.26. The highest BCUT2D eigenvalue weighted by Crippen LogP contribution is 2.29. The number of carbonyl (C=O) groups excluding carboxylic acids is 1. The molecule has 8 nitrogen and oxygen atoms in total. The van der Waals surface area contributed by atoms with Crippen LogP contribution in [-0.2, 0) is 19.6 Å². The smallest absolute Gasteiger partial charge is 0.243 e. The van der Waals surface area contributed by atoms with Crippen molar-refractivity contribution in [2.45, 2.75) is 4.90 Å². The Morgan fingerprint density at radius 1 is 0.939 bits per heavy atom. The molecule has 33 heavy (non-hydrogen) atoms. The molecule has 0 radical (unpaired) electrons. The van der Waals surface area contributed by atoms with Crippen LogP contribution in [0.2, 0.25) is 0 Å². The van der Waals surface area contributed by atoms with Crippen molar-refractivity contribution in [2.75, 3.05) is 43.5 Å². The van der Waals surface area contributed by atoms with E-state index in [2.05, 4.69) is 10.6 Å². The molecular weight excluding hydrogens is 442 g/mol. The Hall–Kier alpha value is -3.40. The van der Waals surface area contributed by atoms with E-state index in [1.165, 1.54) is 10.4 Å². The van der Waals surface area contributed by atoms with Crippen molar-refractivity contribution in [2.24, 2.45) is 0 Å². The maximum Gasteiger partial charge on any atom is 0.243 e. The van der Waals surface area contributed by atoms with Crippen molar-refractivity contribution in [1.29, 1.82) is 0 Å². The first kappa shape index (κ1) is 22.8. The molecule has 9 heteroatoms. The molecule has 1 aliphatic rings. The molecule has 0 aliphatic carbocycles. The first-order valence-electron chi connectivity index (χ1n) is 10.6. The van der Waals surface area contributed by atoms with Crippen molar-refractivity contribution >= 4 is 27.3 Å². The molecule has 1 heterocycles. The van der Waals surface area contributed by atoms with Gasteiger partial charge in [-0.3, -0.25) is 4.79 Å². The number of carbonyl (C=O) groups is 1. The number of para-hydroxylation sites is 3. The molecule has 0 aromatic heterocycles. The van der Waals surface area contributed by atoms with E-state index in [1.807, 2.05) is 36.4 Å². The normalized spacial score (nSPS) is 14.4. The van der Waals surface area contributed by atoms with Crippen LogP contribution in [0.1, 0.15) is 0 Å². The predicted octanol–water partition coefficient (Wildman–Crippen LogP) is 3.55. The molecule has 0 atom stereocenters.